The summed E-state index contributed by atoms with van der Waals surface area (Å²) in [6, 6.07) is 11.4. The Labute approximate surface area is 190 Å². The predicted octanol–water partition coefficient (Wildman–Crippen LogP) is 4.09. The largest absolute Gasteiger partial charge is 0.467 e. The Balaban J connectivity index is 1.45. The summed E-state index contributed by atoms with van der Waals surface area (Å²) in [6.07, 6.45) is 1.57. The molecule has 0 bridgehead atoms. The lowest BCUT2D eigenvalue weighted by Crippen LogP contribution is -2.23. The van der Waals surface area contributed by atoms with Crippen LogP contribution in [-0.4, -0.2) is 30.8 Å². The molecule has 32 heavy (non-hydrogen) atoms. The number of amides is 1. The van der Waals surface area contributed by atoms with E-state index < -0.39 is 0 Å². The molecule has 1 aromatic carbocycles. The Morgan fingerprint density at radius 2 is 2.09 bits per heavy atom. The van der Waals surface area contributed by atoms with Gasteiger partial charge in [0.05, 0.1) is 24.1 Å². The first-order valence-corrected chi connectivity index (χ1v) is 11.7. The van der Waals surface area contributed by atoms with Gasteiger partial charge < -0.3 is 9.73 Å². The zero-order valence-corrected chi connectivity index (χ0v) is 19.0. The molecule has 0 atom stereocenters. The molecule has 0 fully saturated rings. The van der Waals surface area contributed by atoms with E-state index in [9.17, 15) is 9.59 Å². The molecule has 0 unspecified atom stereocenters. The molecule has 162 valence electrons. The molecule has 0 radical (unpaired) electrons. The maximum Gasteiger partial charge on any atom is 0.273 e. The number of thioether (sulfide) groups is 1. The minimum absolute atomic E-state index is 0.135. The van der Waals surface area contributed by atoms with Crippen LogP contribution in [0.1, 0.15) is 16.9 Å². The topological polar surface area (TPSA) is 94.4 Å². The van der Waals surface area contributed by atoms with Crippen molar-refractivity contribution in [2.75, 3.05) is 11.1 Å². The predicted molar refractivity (Wildman–Crippen MR) is 126 cm³/mol. The van der Waals surface area contributed by atoms with Crippen molar-refractivity contribution in [3.63, 3.8) is 0 Å². The molecule has 0 aliphatic heterocycles. The molecule has 1 amide bonds. The molecule has 0 saturated carbocycles. The first-order valence-electron chi connectivity index (χ1n) is 9.88. The summed E-state index contributed by atoms with van der Waals surface area (Å²) in [6.45, 7) is 4.23. The zero-order chi connectivity index (χ0) is 22.2. The van der Waals surface area contributed by atoms with Gasteiger partial charge in [0.15, 0.2) is 5.16 Å². The number of carbonyl (C=O) groups is 1. The highest BCUT2D eigenvalue weighted by atomic mass is 32.2. The fraction of sp³-hybridized carbons (Fsp3) is 0.182. The third-order valence-electron chi connectivity index (χ3n) is 5.06. The molecule has 0 aliphatic carbocycles. The number of aromatic nitrogens is 4. The summed E-state index contributed by atoms with van der Waals surface area (Å²) in [4.78, 5) is 25.6. The van der Waals surface area contributed by atoms with Gasteiger partial charge in [-0.05, 0) is 49.1 Å². The van der Waals surface area contributed by atoms with E-state index in [0.29, 0.717) is 21.4 Å². The first kappa shape index (κ1) is 20.5. The first-order chi connectivity index (χ1) is 15.5. The van der Waals surface area contributed by atoms with E-state index in [1.54, 1.807) is 16.9 Å². The minimum Gasteiger partial charge on any atom is -0.467 e. The normalized spacial score (nSPS) is 11.4. The highest BCUT2D eigenvalue weighted by molar-refractivity contribution is 7.99. The van der Waals surface area contributed by atoms with E-state index in [1.807, 2.05) is 54.0 Å². The number of hydrogen-bond acceptors (Lipinski definition) is 7. The van der Waals surface area contributed by atoms with Crippen molar-refractivity contribution >= 4 is 50.7 Å². The quantitative estimate of drug-likeness (QED) is 0.380. The van der Waals surface area contributed by atoms with Gasteiger partial charge in [0.2, 0.25) is 11.7 Å². The van der Waals surface area contributed by atoms with Gasteiger partial charge in [0, 0.05) is 5.69 Å². The van der Waals surface area contributed by atoms with Crippen LogP contribution in [0, 0.1) is 13.8 Å². The van der Waals surface area contributed by atoms with E-state index in [4.69, 9.17) is 4.42 Å². The fourth-order valence-corrected chi connectivity index (χ4v) is 5.13. The maximum atomic E-state index is 13.0. The van der Waals surface area contributed by atoms with Gasteiger partial charge in [0.25, 0.3) is 5.56 Å². The Kier molecular flexibility index (Phi) is 5.32. The number of thiophene rings is 1. The average molecular weight is 466 g/mol. The zero-order valence-electron chi connectivity index (χ0n) is 17.4. The van der Waals surface area contributed by atoms with Crippen molar-refractivity contribution in [1.29, 1.82) is 0 Å². The minimum atomic E-state index is -0.143. The van der Waals surface area contributed by atoms with Crippen molar-refractivity contribution in [3.8, 4) is 0 Å². The Bertz CT molecular complexity index is 1500. The number of nitrogens with zero attached hydrogens (tertiary/aromatic N) is 4. The van der Waals surface area contributed by atoms with E-state index in [0.717, 1.165) is 22.3 Å². The van der Waals surface area contributed by atoms with Crippen LogP contribution in [0.2, 0.25) is 0 Å². The highest BCUT2D eigenvalue weighted by Gasteiger charge is 2.19. The van der Waals surface area contributed by atoms with E-state index >= 15 is 0 Å². The van der Waals surface area contributed by atoms with Gasteiger partial charge in [0.1, 0.15) is 10.5 Å². The second-order valence-corrected chi connectivity index (χ2v) is 9.24. The van der Waals surface area contributed by atoms with Gasteiger partial charge in [-0.3, -0.25) is 18.6 Å². The summed E-state index contributed by atoms with van der Waals surface area (Å²) >= 11 is 2.64. The number of hydrogen-bond donors (Lipinski definition) is 1. The molecular weight excluding hydrogens is 446 g/mol. The number of benzene rings is 1. The SMILES string of the molecule is Cc1ccc(NC(=O)CSc2nnc3n(Cc4ccco4)c(=O)c4sccc4n23)c(C)c1. The summed E-state index contributed by atoms with van der Waals surface area (Å²) < 4.78 is 9.40. The van der Waals surface area contributed by atoms with E-state index in [1.165, 1.54) is 23.1 Å². The third kappa shape index (κ3) is 3.71. The molecule has 4 aromatic heterocycles. The van der Waals surface area contributed by atoms with Gasteiger partial charge in [-0.15, -0.1) is 21.5 Å². The Morgan fingerprint density at radius 1 is 1.22 bits per heavy atom. The van der Waals surface area contributed by atoms with Crippen molar-refractivity contribution in [2.24, 2.45) is 0 Å². The van der Waals surface area contributed by atoms with Crippen LogP contribution in [0.15, 0.2) is 62.4 Å². The summed E-state index contributed by atoms with van der Waals surface area (Å²) in [5.74, 6) is 1.09. The van der Waals surface area contributed by atoms with Crippen molar-refractivity contribution in [3.05, 3.63) is 75.3 Å². The van der Waals surface area contributed by atoms with Gasteiger partial charge in [-0.2, -0.15) is 0 Å². The van der Waals surface area contributed by atoms with Crippen LogP contribution < -0.4 is 10.9 Å². The molecular formula is C22H19N5O3S2. The number of rotatable bonds is 6. The lowest BCUT2D eigenvalue weighted by atomic mass is 10.1. The Morgan fingerprint density at radius 3 is 2.88 bits per heavy atom. The lowest BCUT2D eigenvalue weighted by molar-refractivity contribution is -0.113. The lowest BCUT2D eigenvalue weighted by Gasteiger charge is -2.09. The van der Waals surface area contributed by atoms with Gasteiger partial charge in [-0.25, -0.2) is 0 Å². The average Bonchev–Trinajstić information content (AvgIpc) is 3.52. The van der Waals surface area contributed by atoms with Crippen molar-refractivity contribution in [2.45, 2.75) is 25.5 Å². The molecule has 4 heterocycles. The monoisotopic (exact) mass is 465 g/mol. The van der Waals surface area contributed by atoms with E-state index in [2.05, 4.69) is 15.5 Å². The van der Waals surface area contributed by atoms with Crippen LogP contribution in [-0.2, 0) is 11.3 Å². The summed E-state index contributed by atoms with van der Waals surface area (Å²) in [5, 5.41) is 13.9. The van der Waals surface area contributed by atoms with Crippen LogP contribution in [0.3, 0.4) is 0 Å². The Hall–Kier alpha value is -3.37. The molecule has 0 spiro atoms. The van der Waals surface area contributed by atoms with Gasteiger partial charge in [-0.1, -0.05) is 29.5 Å². The maximum absolute atomic E-state index is 13.0. The molecule has 0 saturated heterocycles. The number of aryl methyl sites for hydroxylation is 2. The highest BCUT2D eigenvalue weighted by Crippen LogP contribution is 2.25. The van der Waals surface area contributed by atoms with Crippen LogP contribution in [0.4, 0.5) is 5.69 Å². The second-order valence-electron chi connectivity index (χ2n) is 7.38. The van der Waals surface area contributed by atoms with Crippen LogP contribution in [0.25, 0.3) is 16.0 Å². The molecule has 5 rings (SSSR count). The van der Waals surface area contributed by atoms with Crippen molar-refractivity contribution < 1.29 is 9.21 Å². The molecule has 0 aliphatic rings. The molecule has 5 aromatic rings. The van der Waals surface area contributed by atoms with Gasteiger partial charge >= 0.3 is 0 Å². The smallest absolute Gasteiger partial charge is 0.273 e. The summed E-state index contributed by atoms with van der Waals surface area (Å²) in [5.41, 5.74) is 3.53. The summed E-state index contributed by atoms with van der Waals surface area (Å²) in [7, 11) is 0. The van der Waals surface area contributed by atoms with Crippen LogP contribution >= 0.6 is 23.1 Å². The molecule has 10 heteroatoms. The third-order valence-corrected chi connectivity index (χ3v) is 6.89. The number of fused-ring (bicyclic) bond motifs is 3. The second kappa shape index (κ2) is 8.29. The molecule has 8 nitrogen and oxygen atoms in total. The van der Waals surface area contributed by atoms with E-state index in [-0.39, 0.29) is 23.8 Å². The van der Waals surface area contributed by atoms with Crippen LogP contribution in [0.5, 0.6) is 0 Å². The number of nitrogens with one attached hydrogen (secondary N) is 1. The fourth-order valence-electron chi connectivity index (χ4n) is 3.56. The number of furan rings is 1. The molecule has 1 N–H and O–H groups in total. The van der Waals surface area contributed by atoms with Crippen molar-refractivity contribution in [1.82, 2.24) is 19.2 Å². The standard InChI is InChI=1S/C22H19N5O3S2/c1-13-5-6-16(14(2)10-13)23-18(28)12-32-22-25-24-21-26(11-15-4-3-8-30-15)20(29)19-17(27(21)22)7-9-31-19/h3-10H,11-12H2,1-2H3,(H,23,28). The number of carbonyl (C=O) groups excluding carboxylic acids is 1. The number of anilines is 1.